The standard InChI is InChI=1S/C20H19NO2/c1-20-17-6-4-3-5-16(17)18(11-12-19(20)22)21(20)13-14-7-9-15(23-2)10-8-14/h3-12,18H,13H2,1-2H3. The van der Waals surface area contributed by atoms with Gasteiger partial charge in [-0.3, -0.25) is 9.69 Å². The van der Waals surface area contributed by atoms with Gasteiger partial charge < -0.3 is 4.74 Å². The molecule has 116 valence electrons. The lowest BCUT2D eigenvalue weighted by atomic mass is 9.87. The van der Waals surface area contributed by atoms with Crippen LogP contribution in [0.2, 0.25) is 0 Å². The first-order chi connectivity index (χ1) is 11.1. The summed E-state index contributed by atoms with van der Waals surface area (Å²) in [5.74, 6) is 1.01. The van der Waals surface area contributed by atoms with E-state index in [2.05, 4.69) is 29.2 Å². The van der Waals surface area contributed by atoms with Crippen LogP contribution in [0.3, 0.4) is 0 Å². The normalized spacial score (nSPS) is 25.5. The lowest BCUT2D eigenvalue weighted by Gasteiger charge is -2.39. The summed E-state index contributed by atoms with van der Waals surface area (Å²) in [6.07, 6.45) is 3.77. The Bertz CT molecular complexity index is 794. The van der Waals surface area contributed by atoms with Gasteiger partial charge >= 0.3 is 0 Å². The Kier molecular flexibility index (Phi) is 3.13. The SMILES string of the molecule is COc1ccc(CN2C3C=CC(=O)C2(C)c2ccccc23)cc1. The van der Waals surface area contributed by atoms with E-state index in [9.17, 15) is 4.79 Å². The number of ketones is 1. The maximum Gasteiger partial charge on any atom is 0.179 e. The Balaban J connectivity index is 1.75. The highest BCUT2D eigenvalue weighted by molar-refractivity contribution is 6.01. The van der Waals surface area contributed by atoms with Crippen LogP contribution in [0.15, 0.2) is 60.7 Å². The van der Waals surface area contributed by atoms with Crippen molar-refractivity contribution in [3.05, 3.63) is 77.4 Å². The van der Waals surface area contributed by atoms with Crippen LogP contribution in [0.4, 0.5) is 0 Å². The van der Waals surface area contributed by atoms with E-state index in [1.807, 2.05) is 37.3 Å². The molecule has 4 rings (SSSR count). The average molecular weight is 305 g/mol. The van der Waals surface area contributed by atoms with E-state index in [4.69, 9.17) is 4.74 Å². The number of rotatable bonds is 3. The van der Waals surface area contributed by atoms with Gasteiger partial charge in [0.25, 0.3) is 0 Å². The Morgan fingerprint density at radius 3 is 2.61 bits per heavy atom. The fourth-order valence-corrected chi connectivity index (χ4v) is 3.81. The van der Waals surface area contributed by atoms with E-state index in [1.165, 1.54) is 11.1 Å². The summed E-state index contributed by atoms with van der Waals surface area (Å²) in [5, 5.41) is 0. The van der Waals surface area contributed by atoms with Gasteiger partial charge in [-0.15, -0.1) is 0 Å². The molecule has 2 aliphatic heterocycles. The maximum atomic E-state index is 12.7. The van der Waals surface area contributed by atoms with Crippen molar-refractivity contribution in [3.63, 3.8) is 0 Å². The molecule has 2 aliphatic rings. The van der Waals surface area contributed by atoms with Crippen LogP contribution in [0, 0.1) is 0 Å². The molecule has 0 radical (unpaired) electrons. The first-order valence-corrected chi connectivity index (χ1v) is 7.86. The van der Waals surface area contributed by atoms with E-state index in [-0.39, 0.29) is 11.8 Å². The predicted octanol–water partition coefficient (Wildman–Crippen LogP) is 3.61. The van der Waals surface area contributed by atoms with Gasteiger partial charge in [0.05, 0.1) is 13.2 Å². The van der Waals surface area contributed by atoms with Gasteiger partial charge in [-0.25, -0.2) is 0 Å². The first-order valence-electron chi connectivity index (χ1n) is 7.86. The number of hydrogen-bond acceptors (Lipinski definition) is 3. The van der Waals surface area contributed by atoms with Crippen LogP contribution in [-0.4, -0.2) is 17.8 Å². The molecule has 0 saturated carbocycles. The van der Waals surface area contributed by atoms with Gasteiger partial charge in [0.1, 0.15) is 11.3 Å². The fourth-order valence-electron chi connectivity index (χ4n) is 3.81. The van der Waals surface area contributed by atoms with Crippen molar-refractivity contribution >= 4 is 5.78 Å². The Hall–Kier alpha value is -2.39. The van der Waals surface area contributed by atoms with Crippen molar-refractivity contribution in [2.75, 3.05) is 7.11 Å². The molecule has 2 atom stereocenters. The van der Waals surface area contributed by atoms with Crippen LogP contribution in [0.5, 0.6) is 5.75 Å². The Morgan fingerprint density at radius 1 is 1.13 bits per heavy atom. The molecule has 2 unspecified atom stereocenters. The molecular formula is C20H19NO2. The third kappa shape index (κ3) is 1.97. The van der Waals surface area contributed by atoms with Gasteiger partial charge in [-0.1, -0.05) is 42.5 Å². The van der Waals surface area contributed by atoms with Gasteiger partial charge in [-0.05, 0) is 41.8 Å². The third-order valence-corrected chi connectivity index (χ3v) is 5.14. The number of carbonyl (C=O) groups is 1. The third-order valence-electron chi connectivity index (χ3n) is 5.14. The zero-order valence-corrected chi connectivity index (χ0v) is 13.3. The monoisotopic (exact) mass is 305 g/mol. The highest BCUT2D eigenvalue weighted by Gasteiger charge is 2.52. The van der Waals surface area contributed by atoms with Gasteiger partial charge in [0.2, 0.25) is 0 Å². The number of carbonyl (C=O) groups excluding carboxylic acids is 1. The molecule has 0 N–H and O–H groups in total. The molecule has 0 spiro atoms. The lowest BCUT2D eigenvalue weighted by molar-refractivity contribution is -0.127. The van der Waals surface area contributed by atoms with Crippen LogP contribution in [0.25, 0.3) is 0 Å². The Morgan fingerprint density at radius 2 is 1.87 bits per heavy atom. The summed E-state index contributed by atoms with van der Waals surface area (Å²) in [7, 11) is 1.67. The number of nitrogens with zero attached hydrogens (tertiary/aromatic N) is 1. The second-order valence-electron chi connectivity index (χ2n) is 6.30. The first kappa shape index (κ1) is 14.2. The molecule has 0 aromatic heterocycles. The summed E-state index contributed by atoms with van der Waals surface area (Å²) in [6, 6.07) is 16.5. The van der Waals surface area contributed by atoms with Crippen LogP contribution in [0.1, 0.15) is 29.7 Å². The molecule has 0 amide bonds. The second-order valence-corrected chi connectivity index (χ2v) is 6.30. The fraction of sp³-hybridized carbons (Fsp3) is 0.250. The molecule has 3 nitrogen and oxygen atoms in total. The van der Waals surface area contributed by atoms with Gasteiger partial charge in [-0.2, -0.15) is 0 Å². The average Bonchev–Trinajstić information content (AvgIpc) is 2.76. The molecule has 2 aromatic carbocycles. The van der Waals surface area contributed by atoms with Crippen molar-refractivity contribution in [1.82, 2.24) is 4.90 Å². The van der Waals surface area contributed by atoms with Gasteiger partial charge in [0.15, 0.2) is 5.78 Å². The van der Waals surface area contributed by atoms with Crippen molar-refractivity contribution in [3.8, 4) is 5.75 Å². The molecule has 0 aliphatic carbocycles. The zero-order valence-electron chi connectivity index (χ0n) is 13.3. The number of fused-ring (bicyclic) bond motifs is 5. The van der Waals surface area contributed by atoms with Crippen molar-refractivity contribution < 1.29 is 9.53 Å². The molecule has 2 heterocycles. The van der Waals surface area contributed by atoms with Crippen LogP contribution >= 0.6 is 0 Å². The zero-order chi connectivity index (χ0) is 16.0. The van der Waals surface area contributed by atoms with E-state index < -0.39 is 5.54 Å². The van der Waals surface area contributed by atoms with E-state index in [1.54, 1.807) is 13.2 Å². The highest BCUT2D eigenvalue weighted by atomic mass is 16.5. The maximum absolute atomic E-state index is 12.7. The lowest BCUT2D eigenvalue weighted by Crippen LogP contribution is -2.47. The second kappa shape index (κ2) is 5.07. The van der Waals surface area contributed by atoms with E-state index in [0.29, 0.717) is 0 Å². The van der Waals surface area contributed by atoms with E-state index in [0.717, 1.165) is 17.9 Å². The summed E-state index contributed by atoms with van der Waals surface area (Å²) >= 11 is 0. The number of methoxy groups -OCH3 is 1. The molecule has 3 heteroatoms. The minimum atomic E-state index is -0.573. The minimum absolute atomic E-state index is 0.159. The number of ether oxygens (including phenoxy) is 1. The molecule has 2 bridgehead atoms. The number of benzene rings is 2. The predicted molar refractivity (Wildman–Crippen MR) is 89.2 cm³/mol. The topological polar surface area (TPSA) is 29.5 Å². The molecule has 23 heavy (non-hydrogen) atoms. The van der Waals surface area contributed by atoms with Crippen molar-refractivity contribution in [2.24, 2.45) is 0 Å². The Labute approximate surface area is 136 Å². The summed E-state index contributed by atoms with van der Waals surface area (Å²) in [6.45, 7) is 2.77. The number of hydrogen-bond donors (Lipinski definition) is 0. The molecular weight excluding hydrogens is 286 g/mol. The summed E-state index contributed by atoms with van der Waals surface area (Å²) in [5.41, 5.74) is 2.98. The molecule has 0 saturated heterocycles. The summed E-state index contributed by atoms with van der Waals surface area (Å²) in [4.78, 5) is 15.0. The quantitative estimate of drug-likeness (QED) is 0.867. The molecule has 0 fully saturated rings. The van der Waals surface area contributed by atoms with Crippen molar-refractivity contribution in [1.29, 1.82) is 0 Å². The van der Waals surface area contributed by atoms with Crippen molar-refractivity contribution in [2.45, 2.75) is 25.0 Å². The highest BCUT2D eigenvalue weighted by Crippen LogP contribution is 2.50. The van der Waals surface area contributed by atoms with Crippen LogP contribution in [-0.2, 0) is 16.9 Å². The summed E-state index contributed by atoms with van der Waals surface area (Å²) < 4.78 is 5.22. The smallest absolute Gasteiger partial charge is 0.179 e. The van der Waals surface area contributed by atoms with Gasteiger partial charge in [0, 0.05) is 6.54 Å². The molecule has 2 aromatic rings. The largest absolute Gasteiger partial charge is 0.497 e. The van der Waals surface area contributed by atoms with Crippen LogP contribution < -0.4 is 4.74 Å². The minimum Gasteiger partial charge on any atom is -0.497 e. The van der Waals surface area contributed by atoms with E-state index >= 15 is 0 Å².